The van der Waals surface area contributed by atoms with Crippen LogP contribution in [0.4, 0.5) is 0 Å². The molecule has 3 aromatic heterocycles. The van der Waals surface area contributed by atoms with Crippen LogP contribution in [0.25, 0.3) is 16.6 Å². The highest BCUT2D eigenvalue weighted by atomic mass is 35.5. The number of nitrogens with one attached hydrogen (secondary N) is 1. The first-order valence-electron chi connectivity index (χ1n) is 8.00. The lowest BCUT2D eigenvalue weighted by atomic mass is 10.1. The summed E-state index contributed by atoms with van der Waals surface area (Å²) in [6, 6.07) is 6.43. The summed E-state index contributed by atoms with van der Waals surface area (Å²) in [4.78, 5) is 28.4. The second kappa shape index (κ2) is 6.82. The van der Waals surface area contributed by atoms with E-state index in [0.717, 1.165) is 0 Å². The Hall–Kier alpha value is -3.23. The largest absolute Gasteiger partial charge is 0.458 e. The predicted octanol–water partition coefficient (Wildman–Crippen LogP) is 2.23. The zero-order valence-corrected chi connectivity index (χ0v) is 14.6. The maximum Gasteiger partial charge on any atom is 0.257 e. The molecular weight excluding hydrogens is 372 g/mol. The number of fused-ring (bicyclic) bond motifs is 2. The van der Waals surface area contributed by atoms with Crippen LogP contribution in [-0.2, 0) is 6.54 Å². The van der Waals surface area contributed by atoms with E-state index in [-0.39, 0.29) is 23.6 Å². The topological polar surface area (TPSA) is 110 Å². The molecule has 9 heteroatoms. The molecule has 1 aromatic carbocycles. The molecule has 0 spiro atoms. The minimum absolute atomic E-state index is 0.0841. The van der Waals surface area contributed by atoms with Crippen LogP contribution in [0.15, 0.2) is 47.3 Å². The lowest BCUT2D eigenvalue weighted by Crippen LogP contribution is -2.22. The van der Waals surface area contributed by atoms with Crippen molar-refractivity contribution in [2.45, 2.75) is 6.54 Å². The second-order valence-corrected chi connectivity index (χ2v) is 6.17. The van der Waals surface area contributed by atoms with Crippen molar-refractivity contribution < 1.29 is 19.1 Å². The summed E-state index contributed by atoms with van der Waals surface area (Å²) in [5.41, 5.74) is 1.30. The Morgan fingerprint density at radius 3 is 2.96 bits per heavy atom. The normalized spacial score (nSPS) is 11.2. The van der Waals surface area contributed by atoms with Gasteiger partial charge in [0.25, 0.3) is 5.91 Å². The number of carbonyl (C=O) groups excluding carboxylic acids is 2. The molecule has 1 amide bonds. The maximum absolute atomic E-state index is 12.4. The van der Waals surface area contributed by atoms with Crippen molar-refractivity contribution in [2.24, 2.45) is 0 Å². The second-order valence-electron chi connectivity index (χ2n) is 5.76. The molecule has 0 fully saturated rings. The Balaban J connectivity index is 1.59. The van der Waals surface area contributed by atoms with Crippen LogP contribution < -0.4 is 5.32 Å². The Bertz CT molecular complexity index is 1180. The summed E-state index contributed by atoms with van der Waals surface area (Å²) < 4.78 is 7.19. The minimum Gasteiger partial charge on any atom is -0.458 e. The number of halogens is 1. The fraction of sp³-hybridized carbons (Fsp3) is 0.111. The number of aliphatic hydroxyl groups is 1. The first-order valence-corrected chi connectivity index (χ1v) is 8.38. The van der Waals surface area contributed by atoms with E-state index in [4.69, 9.17) is 21.1 Å². The molecule has 136 valence electrons. The Labute approximate surface area is 157 Å². The highest BCUT2D eigenvalue weighted by Gasteiger charge is 2.18. The summed E-state index contributed by atoms with van der Waals surface area (Å²) in [6.07, 6.45) is 4.71. The fourth-order valence-electron chi connectivity index (χ4n) is 2.78. The van der Waals surface area contributed by atoms with Gasteiger partial charge in [0.2, 0.25) is 0 Å². The average molecular weight is 385 g/mol. The number of Topliss-reactive ketones (excluding diaryl/α,β-unsaturated/α-hetero) is 1. The van der Waals surface area contributed by atoms with E-state index in [1.54, 1.807) is 30.6 Å². The number of ketones is 1. The van der Waals surface area contributed by atoms with Crippen LogP contribution in [-0.4, -0.2) is 38.0 Å². The molecule has 27 heavy (non-hydrogen) atoms. The third-order valence-corrected chi connectivity index (χ3v) is 4.40. The summed E-state index contributed by atoms with van der Waals surface area (Å²) >= 11 is 6.16. The number of rotatable bonds is 5. The molecule has 0 radical (unpaired) electrons. The number of benzene rings is 1. The van der Waals surface area contributed by atoms with Crippen molar-refractivity contribution >= 4 is 39.9 Å². The number of hydrogen-bond acceptors (Lipinski definition) is 6. The summed E-state index contributed by atoms with van der Waals surface area (Å²) in [6.45, 7) is -0.550. The third kappa shape index (κ3) is 3.05. The van der Waals surface area contributed by atoms with E-state index in [1.165, 1.54) is 16.8 Å². The lowest BCUT2D eigenvalue weighted by molar-refractivity contribution is 0.0902. The minimum atomic E-state index is -0.634. The number of amides is 1. The van der Waals surface area contributed by atoms with Gasteiger partial charge in [0, 0.05) is 17.8 Å². The molecule has 4 aromatic rings. The molecule has 0 aliphatic heterocycles. The van der Waals surface area contributed by atoms with E-state index in [2.05, 4.69) is 15.4 Å². The van der Waals surface area contributed by atoms with Crippen molar-refractivity contribution in [1.82, 2.24) is 19.9 Å². The van der Waals surface area contributed by atoms with Gasteiger partial charge in [-0.1, -0.05) is 11.6 Å². The van der Waals surface area contributed by atoms with Crippen LogP contribution >= 0.6 is 11.6 Å². The smallest absolute Gasteiger partial charge is 0.257 e. The number of nitrogens with zero attached hydrogens (tertiary/aromatic N) is 3. The molecule has 0 aliphatic rings. The highest BCUT2D eigenvalue weighted by molar-refractivity contribution is 6.36. The van der Waals surface area contributed by atoms with E-state index < -0.39 is 12.4 Å². The molecule has 2 N–H and O–H groups in total. The zero-order chi connectivity index (χ0) is 19.0. The van der Waals surface area contributed by atoms with E-state index in [9.17, 15) is 9.59 Å². The highest BCUT2D eigenvalue weighted by Crippen LogP contribution is 2.30. The van der Waals surface area contributed by atoms with Gasteiger partial charge in [0.15, 0.2) is 11.4 Å². The number of aromatic nitrogens is 3. The Kier molecular flexibility index (Phi) is 4.35. The third-order valence-electron chi connectivity index (χ3n) is 4.07. The van der Waals surface area contributed by atoms with Crippen molar-refractivity contribution in [3.63, 3.8) is 0 Å². The summed E-state index contributed by atoms with van der Waals surface area (Å²) in [5, 5.41) is 16.9. The van der Waals surface area contributed by atoms with Gasteiger partial charge in [-0.05, 0) is 24.3 Å². The predicted molar refractivity (Wildman–Crippen MR) is 96.8 cm³/mol. The molecule has 0 atom stereocenters. The van der Waals surface area contributed by atoms with Crippen LogP contribution in [0.3, 0.4) is 0 Å². The molecular formula is C18H13ClN4O4. The lowest BCUT2D eigenvalue weighted by Gasteiger charge is -2.02. The number of carbonyl (C=O) groups is 2. The molecule has 3 heterocycles. The average Bonchev–Trinajstić information content (AvgIpc) is 3.31. The quantitative estimate of drug-likeness (QED) is 0.510. The Morgan fingerprint density at radius 1 is 1.30 bits per heavy atom. The summed E-state index contributed by atoms with van der Waals surface area (Å²) in [5.74, 6) is -0.413. The van der Waals surface area contributed by atoms with Crippen LogP contribution in [0.2, 0.25) is 5.02 Å². The number of aliphatic hydroxyl groups excluding tert-OH is 1. The fourth-order valence-corrected chi connectivity index (χ4v) is 2.99. The molecule has 4 rings (SSSR count). The first kappa shape index (κ1) is 17.2. The van der Waals surface area contributed by atoms with Gasteiger partial charge >= 0.3 is 0 Å². The van der Waals surface area contributed by atoms with Crippen LogP contribution in [0.5, 0.6) is 0 Å². The molecule has 0 bridgehead atoms. The van der Waals surface area contributed by atoms with E-state index in [1.807, 2.05) is 0 Å². The van der Waals surface area contributed by atoms with Gasteiger partial charge < -0.3 is 14.8 Å². The van der Waals surface area contributed by atoms with Gasteiger partial charge in [0.05, 0.1) is 23.3 Å². The SMILES string of the molecule is O=C(CO)c1ccc(Cl)c2cc(CNC(=O)c3cnn4cccnc34)oc12. The molecule has 0 unspecified atom stereocenters. The summed E-state index contributed by atoms with van der Waals surface area (Å²) in [7, 11) is 0. The van der Waals surface area contributed by atoms with Gasteiger partial charge in [-0.3, -0.25) is 9.59 Å². The monoisotopic (exact) mass is 384 g/mol. The first-order chi connectivity index (χ1) is 13.1. The van der Waals surface area contributed by atoms with Crippen molar-refractivity contribution in [2.75, 3.05) is 6.61 Å². The van der Waals surface area contributed by atoms with Gasteiger partial charge in [-0.15, -0.1) is 0 Å². The number of hydrogen-bond donors (Lipinski definition) is 2. The molecule has 0 saturated carbocycles. The Morgan fingerprint density at radius 2 is 2.15 bits per heavy atom. The van der Waals surface area contributed by atoms with E-state index in [0.29, 0.717) is 27.4 Å². The molecule has 8 nitrogen and oxygen atoms in total. The standard InChI is InChI=1S/C18H13ClN4O4/c19-14-3-2-11(15(25)9-24)16-12(14)6-10(27-16)7-21-18(26)13-8-22-23-5-1-4-20-17(13)23/h1-6,8,24H,7,9H2,(H,21,26). The maximum atomic E-state index is 12.4. The van der Waals surface area contributed by atoms with Gasteiger partial charge in [0.1, 0.15) is 23.5 Å². The zero-order valence-electron chi connectivity index (χ0n) is 13.8. The number of furan rings is 1. The molecule has 0 saturated heterocycles. The van der Waals surface area contributed by atoms with E-state index >= 15 is 0 Å². The van der Waals surface area contributed by atoms with Crippen LogP contribution in [0.1, 0.15) is 26.5 Å². The van der Waals surface area contributed by atoms with Crippen LogP contribution in [0, 0.1) is 0 Å². The molecule has 0 aliphatic carbocycles. The van der Waals surface area contributed by atoms with Gasteiger partial charge in [-0.2, -0.15) is 5.10 Å². The van der Waals surface area contributed by atoms with Crippen molar-refractivity contribution in [3.05, 3.63) is 64.8 Å². The van der Waals surface area contributed by atoms with Gasteiger partial charge in [-0.25, -0.2) is 9.50 Å². The van der Waals surface area contributed by atoms with Crippen molar-refractivity contribution in [3.8, 4) is 0 Å². The van der Waals surface area contributed by atoms with Crippen molar-refractivity contribution in [1.29, 1.82) is 0 Å².